The largest absolute Gasteiger partial charge is 0.490 e. The minimum Gasteiger partial charge on any atom is -0.490 e. The first-order chi connectivity index (χ1) is 10.0. The Morgan fingerprint density at radius 1 is 1.38 bits per heavy atom. The minimum atomic E-state index is -0.420. The third kappa shape index (κ3) is 3.69. The van der Waals surface area contributed by atoms with Gasteiger partial charge in [-0.15, -0.1) is 0 Å². The number of hydrogen-bond acceptors (Lipinski definition) is 4. The summed E-state index contributed by atoms with van der Waals surface area (Å²) in [6, 6.07) is 3.60. The summed E-state index contributed by atoms with van der Waals surface area (Å²) < 4.78 is 10.9. The first-order valence-electron chi connectivity index (χ1n) is 7.70. The molecule has 0 aromatic heterocycles. The second-order valence-corrected chi connectivity index (χ2v) is 5.87. The second-order valence-electron chi connectivity index (χ2n) is 5.87. The number of rotatable bonds is 4. The van der Waals surface area contributed by atoms with E-state index in [9.17, 15) is 4.79 Å². The van der Waals surface area contributed by atoms with Crippen LogP contribution >= 0.6 is 0 Å². The number of nitrogen functional groups attached to an aromatic ring is 1. The monoisotopic (exact) mass is 291 g/mol. The van der Waals surface area contributed by atoms with E-state index in [0.29, 0.717) is 17.0 Å². The van der Waals surface area contributed by atoms with E-state index < -0.39 is 5.97 Å². The van der Waals surface area contributed by atoms with Crippen molar-refractivity contribution in [2.24, 2.45) is 5.92 Å². The number of nitrogens with two attached hydrogens (primary N) is 1. The zero-order valence-electron chi connectivity index (χ0n) is 13.1. The van der Waals surface area contributed by atoms with E-state index in [4.69, 9.17) is 15.2 Å². The Hall–Kier alpha value is -1.71. The topological polar surface area (TPSA) is 61.5 Å². The molecule has 1 fully saturated rings. The lowest BCUT2D eigenvalue weighted by Crippen LogP contribution is -2.25. The van der Waals surface area contributed by atoms with Crippen LogP contribution in [0.4, 0.5) is 5.69 Å². The van der Waals surface area contributed by atoms with Gasteiger partial charge in [0.2, 0.25) is 0 Å². The van der Waals surface area contributed by atoms with Gasteiger partial charge in [-0.3, -0.25) is 0 Å². The summed E-state index contributed by atoms with van der Waals surface area (Å²) in [6.45, 7) is 4.11. The molecule has 0 bridgehead atoms. The molecule has 0 radical (unpaired) electrons. The van der Waals surface area contributed by atoms with E-state index in [1.807, 2.05) is 13.0 Å². The summed E-state index contributed by atoms with van der Waals surface area (Å²) in [5.41, 5.74) is 7.64. The number of esters is 1. The molecular weight excluding hydrogens is 266 g/mol. The lowest BCUT2D eigenvalue weighted by atomic mass is 9.85. The molecule has 0 spiro atoms. The van der Waals surface area contributed by atoms with Crippen molar-refractivity contribution in [3.63, 3.8) is 0 Å². The Kier molecular flexibility index (Phi) is 5.10. The third-order valence-corrected chi connectivity index (χ3v) is 4.38. The fraction of sp³-hybridized carbons (Fsp3) is 0.588. The molecule has 1 saturated carbocycles. The third-order valence-electron chi connectivity index (χ3n) is 4.38. The average Bonchev–Trinajstić information content (AvgIpc) is 2.50. The number of methoxy groups -OCH3 is 1. The van der Waals surface area contributed by atoms with E-state index in [2.05, 4.69) is 6.92 Å². The molecule has 0 heterocycles. The highest BCUT2D eigenvalue weighted by Crippen LogP contribution is 2.31. The van der Waals surface area contributed by atoms with Crippen molar-refractivity contribution in [1.29, 1.82) is 0 Å². The van der Waals surface area contributed by atoms with Crippen molar-refractivity contribution in [3.05, 3.63) is 23.3 Å². The maximum Gasteiger partial charge on any atom is 0.340 e. The molecular formula is C17H25NO3. The maximum absolute atomic E-state index is 11.8. The van der Waals surface area contributed by atoms with E-state index >= 15 is 0 Å². The molecule has 1 aromatic rings. The van der Waals surface area contributed by atoms with Gasteiger partial charge in [0, 0.05) is 5.69 Å². The van der Waals surface area contributed by atoms with Gasteiger partial charge in [0.15, 0.2) is 0 Å². The van der Waals surface area contributed by atoms with Crippen LogP contribution in [0.2, 0.25) is 0 Å². The van der Waals surface area contributed by atoms with Crippen LogP contribution < -0.4 is 10.5 Å². The molecule has 0 aliphatic heterocycles. The second kappa shape index (κ2) is 6.83. The Labute approximate surface area is 126 Å². The molecule has 2 atom stereocenters. The maximum atomic E-state index is 11.8. The Morgan fingerprint density at radius 3 is 2.81 bits per heavy atom. The summed E-state index contributed by atoms with van der Waals surface area (Å²) in [4.78, 5) is 11.8. The van der Waals surface area contributed by atoms with Gasteiger partial charge in [-0.1, -0.05) is 19.8 Å². The van der Waals surface area contributed by atoms with Gasteiger partial charge < -0.3 is 15.2 Å². The van der Waals surface area contributed by atoms with Gasteiger partial charge in [0.25, 0.3) is 0 Å². The van der Waals surface area contributed by atoms with Crippen LogP contribution in [-0.2, 0) is 4.74 Å². The van der Waals surface area contributed by atoms with Gasteiger partial charge >= 0.3 is 5.97 Å². The van der Waals surface area contributed by atoms with E-state index in [-0.39, 0.29) is 6.10 Å². The Balaban J connectivity index is 2.16. The number of aryl methyl sites for hydroxylation is 1. The lowest BCUT2D eigenvalue weighted by molar-refractivity contribution is 0.0600. The van der Waals surface area contributed by atoms with E-state index in [1.54, 1.807) is 6.07 Å². The van der Waals surface area contributed by atoms with E-state index in [1.165, 1.54) is 26.4 Å². The number of hydrogen-bond donors (Lipinski definition) is 1. The van der Waals surface area contributed by atoms with Crippen molar-refractivity contribution < 1.29 is 14.3 Å². The quantitative estimate of drug-likeness (QED) is 0.678. The van der Waals surface area contributed by atoms with Crippen LogP contribution in [0.5, 0.6) is 5.75 Å². The Bertz CT molecular complexity index is 513. The van der Waals surface area contributed by atoms with Crippen molar-refractivity contribution >= 4 is 11.7 Å². The Morgan fingerprint density at radius 2 is 2.14 bits per heavy atom. The molecule has 1 aromatic carbocycles. The normalized spacial score (nSPS) is 21.9. The van der Waals surface area contributed by atoms with Crippen LogP contribution in [0.1, 0.15) is 54.9 Å². The SMILES string of the molecule is CCC1CCCC(Oc2cc(C)c(N)c(C(=O)OC)c2)C1. The number of ether oxygens (including phenoxy) is 2. The molecule has 4 heteroatoms. The first kappa shape index (κ1) is 15.7. The summed E-state index contributed by atoms with van der Waals surface area (Å²) in [5, 5.41) is 0. The minimum absolute atomic E-state index is 0.234. The van der Waals surface area contributed by atoms with Crippen molar-refractivity contribution in [2.45, 2.75) is 52.1 Å². The van der Waals surface area contributed by atoms with Gasteiger partial charge in [0.1, 0.15) is 5.75 Å². The summed E-state index contributed by atoms with van der Waals surface area (Å²) in [5.74, 6) is 1.04. The average molecular weight is 291 g/mol. The van der Waals surface area contributed by atoms with Gasteiger partial charge in [-0.05, 0) is 49.8 Å². The van der Waals surface area contributed by atoms with E-state index in [0.717, 1.165) is 24.3 Å². The highest BCUT2D eigenvalue weighted by molar-refractivity contribution is 5.96. The molecule has 0 amide bonds. The molecule has 4 nitrogen and oxygen atoms in total. The van der Waals surface area contributed by atoms with Crippen LogP contribution in [0.15, 0.2) is 12.1 Å². The summed E-state index contributed by atoms with van der Waals surface area (Å²) in [7, 11) is 1.36. The smallest absolute Gasteiger partial charge is 0.340 e. The van der Waals surface area contributed by atoms with Crippen molar-refractivity contribution in [1.82, 2.24) is 0 Å². The summed E-state index contributed by atoms with van der Waals surface area (Å²) >= 11 is 0. The molecule has 2 unspecified atom stereocenters. The predicted octanol–water partition coefficient (Wildman–Crippen LogP) is 3.71. The van der Waals surface area contributed by atoms with Gasteiger partial charge in [-0.2, -0.15) is 0 Å². The molecule has 2 N–H and O–H groups in total. The fourth-order valence-electron chi connectivity index (χ4n) is 3.02. The van der Waals surface area contributed by atoms with Crippen LogP contribution in [0.3, 0.4) is 0 Å². The first-order valence-corrected chi connectivity index (χ1v) is 7.70. The van der Waals surface area contributed by atoms with Crippen LogP contribution in [0.25, 0.3) is 0 Å². The van der Waals surface area contributed by atoms with Crippen LogP contribution in [0, 0.1) is 12.8 Å². The molecule has 21 heavy (non-hydrogen) atoms. The summed E-state index contributed by atoms with van der Waals surface area (Å²) in [6.07, 6.45) is 6.11. The molecule has 1 aliphatic rings. The predicted molar refractivity (Wildman–Crippen MR) is 83.6 cm³/mol. The molecule has 0 saturated heterocycles. The molecule has 2 rings (SSSR count). The van der Waals surface area contributed by atoms with Crippen LogP contribution in [-0.4, -0.2) is 19.2 Å². The molecule has 116 valence electrons. The number of anilines is 1. The standard InChI is InChI=1S/C17H25NO3/c1-4-12-6-5-7-13(9-12)21-14-8-11(2)16(18)15(10-14)17(19)20-3/h8,10,12-13H,4-7,9,18H2,1-3H3. The molecule has 1 aliphatic carbocycles. The number of benzene rings is 1. The van der Waals surface area contributed by atoms with Crippen molar-refractivity contribution in [2.75, 3.05) is 12.8 Å². The lowest BCUT2D eigenvalue weighted by Gasteiger charge is -2.29. The highest BCUT2D eigenvalue weighted by Gasteiger charge is 2.23. The van der Waals surface area contributed by atoms with Crippen molar-refractivity contribution in [3.8, 4) is 5.75 Å². The highest BCUT2D eigenvalue weighted by atomic mass is 16.5. The zero-order chi connectivity index (χ0) is 15.4. The fourth-order valence-corrected chi connectivity index (χ4v) is 3.02. The van der Waals surface area contributed by atoms with Gasteiger partial charge in [0.05, 0.1) is 18.8 Å². The number of carbonyl (C=O) groups excluding carboxylic acids is 1. The number of carbonyl (C=O) groups is 1. The van der Waals surface area contributed by atoms with Gasteiger partial charge in [-0.25, -0.2) is 4.79 Å². The zero-order valence-corrected chi connectivity index (χ0v) is 13.1.